The molecular weight excluding hydrogens is 304 g/mol. The van der Waals surface area contributed by atoms with Gasteiger partial charge >= 0.3 is 0 Å². The number of benzene rings is 1. The van der Waals surface area contributed by atoms with Crippen LogP contribution in [-0.2, 0) is 0 Å². The first kappa shape index (κ1) is 16.0. The second-order valence-corrected chi connectivity index (χ2v) is 5.45. The average Bonchev–Trinajstić information content (AvgIpc) is 2.50. The van der Waals surface area contributed by atoms with Crippen LogP contribution < -0.4 is 15.7 Å². The van der Waals surface area contributed by atoms with E-state index in [1.807, 2.05) is 24.3 Å². The van der Waals surface area contributed by atoms with E-state index in [2.05, 4.69) is 34.6 Å². The lowest BCUT2D eigenvalue weighted by Gasteiger charge is -2.08. The molecule has 0 bridgehead atoms. The van der Waals surface area contributed by atoms with Gasteiger partial charge in [0.15, 0.2) is 0 Å². The summed E-state index contributed by atoms with van der Waals surface area (Å²) in [5.41, 5.74) is 3.45. The van der Waals surface area contributed by atoms with Crippen molar-refractivity contribution >= 4 is 23.5 Å². The van der Waals surface area contributed by atoms with E-state index in [9.17, 15) is 4.79 Å². The minimum atomic E-state index is -0.464. The smallest absolute Gasteiger partial charge is 0.285 e. The predicted octanol–water partition coefficient (Wildman–Crippen LogP) is 2.90. The first-order valence-electron chi connectivity index (χ1n) is 6.81. The van der Waals surface area contributed by atoms with Gasteiger partial charge in [-0.3, -0.25) is 10.2 Å². The molecule has 1 aromatic carbocycles. The van der Waals surface area contributed by atoms with E-state index in [1.54, 1.807) is 6.21 Å². The van der Waals surface area contributed by atoms with Crippen LogP contribution in [0.15, 0.2) is 40.4 Å². The van der Waals surface area contributed by atoms with Gasteiger partial charge in [0, 0.05) is 0 Å². The van der Waals surface area contributed by atoms with E-state index in [0.29, 0.717) is 18.2 Å². The molecule has 2 rings (SSSR count). The molecule has 1 aromatic heterocycles. The number of aromatic nitrogens is 2. The Kier molecular flexibility index (Phi) is 5.55. The maximum Gasteiger partial charge on any atom is 0.285 e. The predicted molar refractivity (Wildman–Crippen MR) is 87.9 cm³/mol. The average molecular weight is 321 g/mol. The van der Waals surface area contributed by atoms with Gasteiger partial charge in [-0.05, 0) is 35.7 Å². The molecular formula is C15H17ClN4O2. The molecule has 6 nitrogen and oxygen atoms in total. The zero-order valence-electron chi connectivity index (χ0n) is 12.3. The van der Waals surface area contributed by atoms with Gasteiger partial charge in [-0.2, -0.15) is 10.2 Å². The molecule has 0 atom stereocenters. The highest BCUT2D eigenvalue weighted by Gasteiger charge is 2.02. The first-order chi connectivity index (χ1) is 10.6. The van der Waals surface area contributed by atoms with Gasteiger partial charge in [0.1, 0.15) is 16.5 Å². The van der Waals surface area contributed by atoms with Crippen LogP contribution in [0.4, 0.5) is 5.69 Å². The summed E-state index contributed by atoms with van der Waals surface area (Å²) in [6.07, 6.45) is 3.01. The molecule has 2 N–H and O–H groups in total. The van der Waals surface area contributed by atoms with Gasteiger partial charge in [-0.1, -0.05) is 25.4 Å². The summed E-state index contributed by atoms with van der Waals surface area (Å²) in [6, 6.07) is 7.54. The summed E-state index contributed by atoms with van der Waals surface area (Å²) >= 11 is 5.82. The van der Waals surface area contributed by atoms with Gasteiger partial charge < -0.3 is 4.74 Å². The Morgan fingerprint density at radius 1 is 1.41 bits per heavy atom. The highest BCUT2D eigenvalue weighted by atomic mass is 35.5. The molecule has 1 heterocycles. The van der Waals surface area contributed by atoms with Crippen LogP contribution in [0, 0.1) is 5.92 Å². The van der Waals surface area contributed by atoms with Crippen molar-refractivity contribution in [1.29, 1.82) is 0 Å². The Labute approximate surface area is 133 Å². The number of H-pyrrole nitrogens is 1. The van der Waals surface area contributed by atoms with E-state index < -0.39 is 5.56 Å². The van der Waals surface area contributed by atoms with Gasteiger partial charge in [-0.15, -0.1) is 0 Å². The Bertz CT molecular complexity index is 695. The molecule has 0 saturated carbocycles. The van der Waals surface area contributed by atoms with Gasteiger partial charge in [-0.25, -0.2) is 5.10 Å². The maximum absolute atomic E-state index is 11.3. The van der Waals surface area contributed by atoms with Crippen LogP contribution >= 0.6 is 11.6 Å². The Morgan fingerprint density at radius 3 is 2.82 bits per heavy atom. The van der Waals surface area contributed by atoms with Crippen molar-refractivity contribution in [2.24, 2.45) is 11.0 Å². The largest absolute Gasteiger partial charge is 0.493 e. The number of ether oxygens (including phenoxy) is 1. The van der Waals surface area contributed by atoms with E-state index in [-0.39, 0.29) is 5.02 Å². The third-order valence-corrected chi connectivity index (χ3v) is 3.03. The van der Waals surface area contributed by atoms with Crippen molar-refractivity contribution in [2.45, 2.75) is 13.8 Å². The molecule has 0 spiro atoms. The number of hydrazone groups is 1. The minimum absolute atomic E-state index is 0.0181. The monoisotopic (exact) mass is 320 g/mol. The van der Waals surface area contributed by atoms with Crippen molar-refractivity contribution in [3.63, 3.8) is 0 Å². The fourth-order valence-electron chi connectivity index (χ4n) is 1.55. The summed E-state index contributed by atoms with van der Waals surface area (Å²) in [5.74, 6) is 1.30. The van der Waals surface area contributed by atoms with E-state index in [4.69, 9.17) is 16.3 Å². The Hall–Kier alpha value is -2.34. The van der Waals surface area contributed by atoms with Gasteiger partial charge in [0.2, 0.25) is 0 Å². The third-order valence-electron chi connectivity index (χ3n) is 2.66. The topological polar surface area (TPSA) is 79.4 Å². The van der Waals surface area contributed by atoms with Crippen LogP contribution in [0.25, 0.3) is 0 Å². The number of nitrogens with one attached hydrogen (secondary N) is 2. The molecule has 116 valence electrons. The van der Waals surface area contributed by atoms with Gasteiger partial charge in [0.05, 0.1) is 19.0 Å². The summed E-state index contributed by atoms with van der Waals surface area (Å²) < 4.78 is 5.60. The lowest BCUT2D eigenvalue weighted by molar-refractivity contribution is 0.271. The van der Waals surface area contributed by atoms with Crippen molar-refractivity contribution in [2.75, 3.05) is 12.0 Å². The fraction of sp³-hybridized carbons (Fsp3) is 0.267. The van der Waals surface area contributed by atoms with E-state index in [0.717, 1.165) is 11.3 Å². The summed E-state index contributed by atoms with van der Waals surface area (Å²) in [5, 5.41) is 9.92. The summed E-state index contributed by atoms with van der Waals surface area (Å²) in [7, 11) is 0. The van der Waals surface area contributed by atoms with Crippen molar-refractivity contribution in [1.82, 2.24) is 10.2 Å². The van der Waals surface area contributed by atoms with Crippen LogP contribution in [0.2, 0.25) is 5.02 Å². The molecule has 0 aliphatic rings. The molecule has 22 heavy (non-hydrogen) atoms. The normalized spacial score (nSPS) is 11.1. The lowest BCUT2D eigenvalue weighted by atomic mass is 10.2. The van der Waals surface area contributed by atoms with Gasteiger partial charge in [0.25, 0.3) is 5.56 Å². The van der Waals surface area contributed by atoms with Crippen molar-refractivity contribution in [3.05, 3.63) is 51.4 Å². The molecule has 0 radical (unpaired) electrons. The molecule has 0 unspecified atom stereocenters. The second-order valence-electron chi connectivity index (χ2n) is 5.07. The zero-order valence-corrected chi connectivity index (χ0v) is 13.1. The summed E-state index contributed by atoms with van der Waals surface area (Å²) in [4.78, 5) is 11.3. The molecule has 2 aromatic rings. The molecule has 0 aliphatic carbocycles. The highest BCUT2D eigenvalue weighted by molar-refractivity contribution is 6.32. The zero-order chi connectivity index (χ0) is 15.9. The second kappa shape index (κ2) is 7.61. The maximum atomic E-state index is 11.3. The van der Waals surface area contributed by atoms with Crippen LogP contribution in [0.1, 0.15) is 19.4 Å². The number of aromatic amines is 1. The molecule has 0 saturated heterocycles. The number of anilines is 1. The SMILES string of the molecule is CC(C)COc1ccc(/C=N\Nc2cn[nH]c(=O)c2Cl)cc1. The minimum Gasteiger partial charge on any atom is -0.493 e. The highest BCUT2D eigenvalue weighted by Crippen LogP contribution is 2.15. The molecule has 0 aliphatic heterocycles. The van der Waals surface area contributed by atoms with Crippen LogP contribution in [-0.4, -0.2) is 23.0 Å². The molecule has 0 fully saturated rings. The number of hydrogen-bond acceptors (Lipinski definition) is 5. The first-order valence-corrected chi connectivity index (χ1v) is 7.19. The van der Waals surface area contributed by atoms with E-state index in [1.165, 1.54) is 6.20 Å². The van der Waals surface area contributed by atoms with E-state index >= 15 is 0 Å². The number of halogens is 1. The number of nitrogens with zero attached hydrogens (tertiary/aromatic N) is 2. The Morgan fingerprint density at radius 2 is 2.14 bits per heavy atom. The lowest BCUT2D eigenvalue weighted by Crippen LogP contribution is -2.10. The van der Waals surface area contributed by atoms with Crippen LogP contribution in [0.3, 0.4) is 0 Å². The van der Waals surface area contributed by atoms with Crippen molar-refractivity contribution < 1.29 is 4.74 Å². The molecule has 7 heteroatoms. The molecule has 0 amide bonds. The quantitative estimate of drug-likeness (QED) is 0.633. The Balaban J connectivity index is 1.96. The fourth-order valence-corrected chi connectivity index (χ4v) is 1.68. The summed E-state index contributed by atoms with van der Waals surface area (Å²) in [6.45, 7) is 4.88. The standard InChI is InChI=1S/C15H17ClN4O2/c1-10(2)9-22-12-5-3-11(4-6-12)7-17-19-13-8-18-20-15(21)14(13)16/h3-8,10H,9H2,1-2H3,(H2,19,20,21)/b17-7-. The van der Waals surface area contributed by atoms with Crippen LogP contribution in [0.5, 0.6) is 5.75 Å². The number of hydrogen-bond donors (Lipinski definition) is 2. The third kappa shape index (κ3) is 4.60. The van der Waals surface area contributed by atoms with Crippen molar-refractivity contribution in [3.8, 4) is 5.75 Å². The number of rotatable bonds is 6.